The first-order valence-electron chi connectivity index (χ1n) is 7.01. The Morgan fingerprint density at radius 2 is 1.76 bits per heavy atom. The van der Waals surface area contributed by atoms with Crippen molar-refractivity contribution in [1.82, 2.24) is 10.6 Å². The summed E-state index contributed by atoms with van der Waals surface area (Å²) in [5.41, 5.74) is 10.2. The molecule has 3 nitrogen and oxygen atoms in total. The summed E-state index contributed by atoms with van der Waals surface area (Å²) < 4.78 is 0. The van der Waals surface area contributed by atoms with E-state index >= 15 is 0 Å². The molecular weight excluding hydrogens is 258 g/mol. The van der Waals surface area contributed by atoms with Crippen molar-refractivity contribution >= 4 is 0 Å². The molecule has 0 aromatic heterocycles. The Hall–Kier alpha value is -2.52. The van der Waals surface area contributed by atoms with Gasteiger partial charge in [0.25, 0.3) is 0 Å². The van der Waals surface area contributed by atoms with Crippen molar-refractivity contribution in [1.29, 1.82) is 0 Å². The van der Waals surface area contributed by atoms with Crippen LogP contribution in [0.5, 0.6) is 0 Å². The highest BCUT2D eigenvalue weighted by Gasteiger charge is 2.31. The monoisotopic (exact) mass is 277 g/mol. The fourth-order valence-electron chi connectivity index (χ4n) is 2.63. The van der Waals surface area contributed by atoms with Gasteiger partial charge in [0.1, 0.15) is 0 Å². The van der Waals surface area contributed by atoms with E-state index in [1.165, 1.54) is 5.56 Å². The second kappa shape index (κ2) is 5.46. The molecule has 2 aromatic carbocycles. The quantitative estimate of drug-likeness (QED) is 0.808. The van der Waals surface area contributed by atoms with Gasteiger partial charge in [-0.1, -0.05) is 48.5 Å². The van der Waals surface area contributed by atoms with Crippen LogP contribution in [0.15, 0.2) is 78.6 Å². The van der Waals surface area contributed by atoms with Gasteiger partial charge in [-0.2, -0.15) is 0 Å². The molecule has 1 heterocycles. The van der Waals surface area contributed by atoms with Gasteiger partial charge in [-0.25, -0.2) is 0 Å². The summed E-state index contributed by atoms with van der Waals surface area (Å²) >= 11 is 0. The minimum absolute atomic E-state index is 0.728. The Bertz CT molecular complexity index is 689. The summed E-state index contributed by atoms with van der Waals surface area (Å²) in [7, 11) is 1.88. The molecule has 0 amide bonds. The lowest BCUT2D eigenvalue weighted by Crippen LogP contribution is -2.53. The molecule has 0 bridgehead atoms. The topological polar surface area (TPSA) is 50.1 Å². The zero-order valence-corrected chi connectivity index (χ0v) is 12.0. The number of likely N-dealkylation sites (N-methyl/N-ethyl adjacent to an activating group) is 1. The maximum absolute atomic E-state index is 6.59. The second-order valence-corrected chi connectivity index (χ2v) is 5.09. The van der Waals surface area contributed by atoms with Gasteiger partial charge in [0.15, 0.2) is 5.66 Å². The standard InChI is InChI=1S/C18H19N3/c1-20-17-11-6-12-21-18(17,19)16-10-5-9-15(13-16)14-7-3-2-4-8-14/h2-13,20-21H,19H2,1H3. The van der Waals surface area contributed by atoms with Gasteiger partial charge >= 0.3 is 0 Å². The summed E-state index contributed by atoms with van der Waals surface area (Å²) in [6.45, 7) is 0. The van der Waals surface area contributed by atoms with Crippen molar-refractivity contribution in [2.24, 2.45) is 5.73 Å². The molecule has 1 unspecified atom stereocenters. The summed E-state index contributed by atoms with van der Waals surface area (Å²) in [6, 6.07) is 18.6. The van der Waals surface area contributed by atoms with Crippen LogP contribution in [0.3, 0.4) is 0 Å². The molecule has 106 valence electrons. The Labute approximate surface area is 125 Å². The molecule has 1 atom stereocenters. The lowest BCUT2D eigenvalue weighted by molar-refractivity contribution is 0.438. The number of hydrogen-bond acceptors (Lipinski definition) is 3. The largest absolute Gasteiger partial charge is 0.388 e. The molecule has 0 saturated heterocycles. The van der Waals surface area contributed by atoms with Crippen LogP contribution in [-0.4, -0.2) is 7.05 Å². The fourth-order valence-corrected chi connectivity index (χ4v) is 2.63. The second-order valence-electron chi connectivity index (χ2n) is 5.09. The molecule has 0 spiro atoms. The van der Waals surface area contributed by atoms with Crippen LogP contribution in [0.1, 0.15) is 5.56 Å². The Balaban J connectivity index is 2.04. The molecule has 21 heavy (non-hydrogen) atoms. The normalized spacial score (nSPS) is 20.6. The third-order valence-corrected chi connectivity index (χ3v) is 3.79. The predicted molar refractivity (Wildman–Crippen MR) is 87.2 cm³/mol. The van der Waals surface area contributed by atoms with Crippen LogP contribution in [-0.2, 0) is 5.66 Å². The molecule has 2 aromatic rings. The number of rotatable bonds is 3. The third-order valence-electron chi connectivity index (χ3n) is 3.79. The Morgan fingerprint density at radius 1 is 1.00 bits per heavy atom. The van der Waals surface area contributed by atoms with E-state index in [0.717, 1.165) is 16.8 Å². The Morgan fingerprint density at radius 3 is 2.52 bits per heavy atom. The number of hydrogen-bond donors (Lipinski definition) is 3. The van der Waals surface area contributed by atoms with E-state index in [2.05, 4.69) is 34.9 Å². The van der Waals surface area contributed by atoms with Gasteiger partial charge in [0, 0.05) is 7.05 Å². The maximum Gasteiger partial charge on any atom is 0.153 e. The molecule has 0 radical (unpaired) electrons. The lowest BCUT2D eigenvalue weighted by atomic mass is 9.92. The van der Waals surface area contributed by atoms with E-state index in [9.17, 15) is 0 Å². The minimum atomic E-state index is -0.728. The predicted octanol–water partition coefficient (Wildman–Crippen LogP) is 2.69. The van der Waals surface area contributed by atoms with E-state index in [1.54, 1.807) is 0 Å². The first kappa shape index (κ1) is 13.5. The van der Waals surface area contributed by atoms with Gasteiger partial charge in [0.05, 0.1) is 5.70 Å². The Kier molecular flexibility index (Phi) is 3.50. The van der Waals surface area contributed by atoms with E-state index in [4.69, 9.17) is 5.73 Å². The number of dihydropyridines is 1. The maximum atomic E-state index is 6.59. The van der Waals surface area contributed by atoms with Crippen LogP contribution >= 0.6 is 0 Å². The minimum Gasteiger partial charge on any atom is -0.388 e. The zero-order chi connectivity index (χ0) is 14.7. The summed E-state index contributed by atoms with van der Waals surface area (Å²) in [4.78, 5) is 0. The van der Waals surface area contributed by atoms with Crippen LogP contribution < -0.4 is 16.4 Å². The third kappa shape index (κ3) is 2.43. The summed E-state index contributed by atoms with van der Waals surface area (Å²) in [5, 5.41) is 6.43. The van der Waals surface area contributed by atoms with E-state index in [-0.39, 0.29) is 0 Å². The van der Waals surface area contributed by atoms with E-state index in [0.29, 0.717) is 0 Å². The van der Waals surface area contributed by atoms with Gasteiger partial charge in [-0.3, -0.25) is 5.73 Å². The highest BCUT2D eigenvalue weighted by molar-refractivity contribution is 5.64. The van der Waals surface area contributed by atoms with Crippen LogP contribution in [0.4, 0.5) is 0 Å². The SMILES string of the molecule is CNC1=CC=CNC1(N)c1cccc(-c2ccccc2)c1. The van der Waals surface area contributed by atoms with Crippen molar-refractivity contribution < 1.29 is 0 Å². The van der Waals surface area contributed by atoms with Crippen molar-refractivity contribution in [2.45, 2.75) is 5.66 Å². The molecule has 0 saturated carbocycles. The van der Waals surface area contributed by atoms with Crippen LogP contribution in [0, 0.1) is 0 Å². The molecule has 3 rings (SSSR count). The molecular formula is C18H19N3. The van der Waals surface area contributed by atoms with Crippen molar-refractivity contribution in [2.75, 3.05) is 7.05 Å². The molecule has 0 fully saturated rings. The average Bonchev–Trinajstić information content (AvgIpc) is 2.56. The number of benzene rings is 2. The molecule has 1 aliphatic rings. The molecule has 0 aliphatic carbocycles. The van der Waals surface area contributed by atoms with Crippen LogP contribution in [0.2, 0.25) is 0 Å². The van der Waals surface area contributed by atoms with Crippen molar-refractivity contribution in [3.8, 4) is 11.1 Å². The van der Waals surface area contributed by atoms with Gasteiger partial charge < -0.3 is 10.6 Å². The summed E-state index contributed by atoms with van der Waals surface area (Å²) in [5.74, 6) is 0. The highest BCUT2D eigenvalue weighted by atomic mass is 15.1. The number of nitrogens with one attached hydrogen (secondary N) is 2. The average molecular weight is 277 g/mol. The molecule has 4 N–H and O–H groups in total. The van der Waals surface area contributed by atoms with Crippen LogP contribution in [0.25, 0.3) is 11.1 Å². The van der Waals surface area contributed by atoms with E-state index in [1.807, 2.05) is 55.7 Å². The van der Waals surface area contributed by atoms with Crippen molar-refractivity contribution in [3.63, 3.8) is 0 Å². The van der Waals surface area contributed by atoms with Gasteiger partial charge in [-0.05, 0) is 41.1 Å². The smallest absolute Gasteiger partial charge is 0.153 e. The fraction of sp³-hybridized carbons (Fsp3) is 0.111. The van der Waals surface area contributed by atoms with Gasteiger partial charge in [-0.15, -0.1) is 0 Å². The summed E-state index contributed by atoms with van der Waals surface area (Å²) in [6.07, 6.45) is 5.81. The molecule has 3 heteroatoms. The van der Waals surface area contributed by atoms with Gasteiger partial charge in [0.2, 0.25) is 0 Å². The zero-order valence-electron chi connectivity index (χ0n) is 12.0. The molecule has 1 aliphatic heterocycles. The lowest BCUT2D eigenvalue weighted by Gasteiger charge is -2.35. The van der Waals surface area contributed by atoms with Crippen molar-refractivity contribution in [3.05, 3.63) is 84.2 Å². The number of nitrogens with two attached hydrogens (primary N) is 1. The number of allylic oxidation sites excluding steroid dienone is 2. The first-order valence-corrected chi connectivity index (χ1v) is 7.01. The highest BCUT2D eigenvalue weighted by Crippen LogP contribution is 2.28. The van der Waals surface area contributed by atoms with E-state index < -0.39 is 5.66 Å². The first-order chi connectivity index (χ1) is 10.2.